The molecule has 3 heterocycles. The summed E-state index contributed by atoms with van der Waals surface area (Å²) in [5.41, 5.74) is 0.592. The Morgan fingerprint density at radius 2 is 1.89 bits per heavy atom. The van der Waals surface area contributed by atoms with Gasteiger partial charge in [-0.15, -0.1) is 0 Å². The van der Waals surface area contributed by atoms with Crippen molar-refractivity contribution in [3.63, 3.8) is 0 Å². The lowest BCUT2D eigenvalue weighted by Crippen LogP contribution is -2.19. The van der Waals surface area contributed by atoms with Crippen molar-refractivity contribution in [1.82, 2.24) is 9.97 Å². The smallest absolute Gasteiger partial charge is 0.411 e. The van der Waals surface area contributed by atoms with Crippen LogP contribution >= 0.6 is 22.9 Å². The molecule has 0 saturated heterocycles. The first-order valence-corrected chi connectivity index (χ1v) is 16.0. The minimum Gasteiger partial charge on any atom is -0.497 e. The van der Waals surface area contributed by atoms with Gasteiger partial charge in [-0.05, 0) is 35.7 Å². The molecule has 238 valence electrons. The number of fused-ring (bicyclic) bond motifs is 1. The van der Waals surface area contributed by atoms with E-state index < -0.39 is 16.1 Å². The quantitative estimate of drug-likeness (QED) is 0.165. The van der Waals surface area contributed by atoms with Crippen molar-refractivity contribution in [3.8, 4) is 34.6 Å². The van der Waals surface area contributed by atoms with E-state index in [-0.39, 0.29) is 77.7 Å². The molecule has 1 amide bonds. The minimum absolute atomic E-state index is 0.0274. The first-order valence-electron chi connectivity index (χ1n) is 13.2. The van der Waals surface area contributed by atoms with E-state index in [1.54, 1.807) is 23.6 Å². The number of carbonyl (C=O) groups excluding carboxylic acids is 1. The Morgan fingerprint density at radius 3 is 2.67 bits per heavy atom. The number of hydrogen-bond donors (Lipinski definition) is 2. The number of hydrogen-bond acceptors (Lipinski definition) is 13. The second kappa shape index (κ2) is 14.5. The van der Waals surface area contributed by atoms with Gasteiger partial charge in [-0.1, -0.05) is 11.6 Å². The lowest BCUT2D eigenvalue weighted by Gasteiger charge is -2.18. The number of anilines is 2. The molecule has 0 radical (unpaired) electrons. The predicted molar refractivity (Wildman–Crippen MR) is 164 cm³/mol. The highest BCUT2D eigenvalue weighted by Gasteiger charge is 2.26. The maximum Gasteiger partial charge on any atom is 0.411 e. The maximum atomic E-state index is 13.6. The highest BCUT2D eigenvalue weighted by Crippen LogP contribution is 2.41. The number of ether oxygens (including phenoxy) is 7. The van der Waals surface area contributed by atoms with Crippen LogP contribution in [0.3, 0.4) is 0 Å². The molecular weight excluding hydrogens is 652 g/mol. The zero-order valence-electron chi connectivity index (χ0n) is 23.9. The number of amides is 1. The Labute approximate surface area is 267 Å². The minimum atomic E-state index is -4.27. The average molecular weight is 679 g/mol. The summed E-state index contributed by atoms with van der Waals surface area (Å²) in [6.07, 6.45) is -0.483. The van der Waals surface area contributed by atoms with Crippen molar-refractivity contribution in [2.45, 2.75) is 11.3 Å². The molecular formula is C28H27ClN4O10S2. The van der Waals surface area contributed by atoms with E-state index in [1.165, 1.54) is 49.8 Å². The molecule has 1 aliphatic rings. The Morgan fingerprint density at radius 1 is 1.04 bits per heavy atom. The highest BCUT2D eigenvalue weighted by molar-refractivity contribution is 7.92. The van der Waals surface area contributed by atoms with Gasteiger partial charge in [0.2, 0.25) is 12.5 Å². The van der Waals surface area contributed by atoms with Gasteiger partial charge in [-0.3, -0.25) is 10.0 Å². The van der Waals surface area contributed by atoms with E-state index in [4.69, 9.17) is 44.8 Å². The van der Waals surface area contributed by atoms with Crippen molar-refractivity contribution >= 4 is 50.6 Å². The monoisotopic (exact) mass is 678 g/mol. The number of sulfonamides is 1. The molecule has 2 aromatic heterocycles. The standard InChI is InChI=1S/C28H27ClN4O10S2/c1-37-9-7-24-31-26(33-45(35,36)19-4-6-21-23(14-19)42-16-41-21)25(43-22-13-18(38-2)3-5-20(22)29)27(32-24)39-10-11-40-28(34)30-17-8-12-44-15-17/h3-6,8,12-15H,7,9-11,16H2,1-2H3,(H,30,34)(H,31,32,33). The summed E-state index contributed by atoms with van der Waals surface area (Å²) in [7, 11) is -1.30. The zero-order chi connectivity index (χ0) is 31.8. The van der Waals surface area contributed by atoms with Crippen LogP contribution < -0.4 is 33.7 Å². The number of methoxy groups -OCH3 is 2. The largest absolute Gasteiger partial charge is 0.497 e. The summed E-state index contributed by atoms with van der Waals surface area (Å²) in [5, 5.41) is 6.33. The topological polar surface area (TPSA) is 166 Å². The average Bonchev–Trinajstić information content (AvgIpc) is 3.72. The van der Waals surface area contributed by atoms with Gasteiger partial charge in [0, 0.05) is 31.0 Å². The summed E-state index contributed by atoms with van der Waals surface area (Å²) >= 11 is 7.82. The van der Waals surface area contributed by atoms with Crippen molar-refractivity contribution in [1.29, 1.82) is 0 Å². The zero-order valence-corrected chi connectivity index (χ0v) is 26.3. The molecule has 17 heteroatoms. The maximum absolute atomic E-state index is 13.6. The molecule has 2 aromatic carbocycles. The van der Waals surface area contributed by atoms with Gasteiger partial charge in [-0.2, -0.15) is 16.3 Å². The third kappa shape index (κ3) is 8.16. The fraction of sp³-hybridized carbons (Fsp3) is 0.250. The second-order valence-electron chi connectivity index (χ2n) is 9.01. The number of nitrogens with zero attached hydrogens (tertiary/aromatic N) is 2. The van der Waals surface area contributed by atoms with Crippen LogP contribution in [0.1, 0.15) is 5.82 Å². The molecule has 45 heavy (non-hydrogen) atoms. The summed E-state index contributed by atoms with van der Waals surface area (Å²) in [5.74, 6) is 0.767. The van der Waals surface area contributed by atoms with Crippen LogP contribution in [0.4, 0.5) is 16.3 Å². The van der Waals surface area contributed by atoms with Crippen molar-refractivity contribution in [3.05, 3.63) is 64.1 Å². The Bertz CT molecular complexity index is 1760. The second-order valence-corrected chi connectivity index (χ2v) is 11.9. The Hall–Kier alpha value is -4.51. The number of carbonyl (C=O) groups is 1. The fourth-order valence-corrected chi connectivity index (χ4v) is 5.59. The third-order valence-corrected chi connectivity index (χ3v) is 8.30. The highest BCUT2D eigenvalue weighted by atomic mass is 35.5. The lowest BCUT2D eigenvalue weighted by atomic mass is 10.3. The van der Waals surface area contributed by atoms with Gasteiger partial charge in [0.1, 0.15) is 30.5 Å². The Balaban J connectivity index is 1.47. The molecule has 0 atom stereocenters. The van der Waals surface area contributed by atoms with Gasteiger partial charge >= 0.3 is 6.09 Å². The summed E-state index contributed by atoms with van der Waals surface area (Å²) in [6, 6.07) is 10.6. The van der Waals surface area contributed by atoms with E-state index in [2.05, 4.69) is 20.0 Å². The molecule has 1 aliphatic heterocycles. The van der Waals surface area contributed by atoms with Crippen LogP contribution in [0.2, 0.25) is 5.02 Å². The molecule has 14 nitrogen and oxygen atoms in total. The molecule has 4 aromatic rings. The summed E-state index contributed by atoms with van der Waals surface area (Å²) in [4.78, 5) is 20.9. The third-order valence-electron chi connectivity index (χ3n) is 5.97. The Kier molecular flexibility index (Phi) is 10.3. The van der Waals surface area contributed by atoms with Gasteiger partial charge in [0.05, 0.1) is 29.3 Å². The molecule has 0 aliphatic carbocycles. The molecule has 5 rings (SSSR count). The number of benzene rings is 2. The SMILES string of the molecule is COCCc1nc(NS(=O)(=O)c2ccc3c(c2)OCO3)c(Oc2cc(OC)ccc2Cl)c(OCCOC(=O)Nc2ccsc2)n1. The van der Waals surface area contributed by atoms with Crippen molar-refractivity contribution in [2.24, 2.45) is 0 Å². The van der Waals surface area contributed by atoms with Crippen LogP contribution in [0.25, 0.3) is 0 Å². The number of rotatable bonds is 14. The van der Waals surface area contributed by atoms with Crippen LogP contribution in [0, 0.1) is 0 Å². The molecule has 0 fully saturated rings. The van der Waals surface area contributed by atoms with Gasteiger partial charge < -0.3 is 33.2 Å². The molecule has 0 saturated carbocycles. The molecule has 0 bridgehead atoms. The van der Waals surface area contributed by atoms with E-state index in [0.29, 0.717) is 17.2 Å². The number of halogens is 1. The molecule has 0 spiro atoms. The van der Waals surface area contributed by atoms with Gasteiger partial charge in [0.15, 0.2) is 17.3 Å². The normalized spacial score (nSPS) is 12.0. The molecule has 2 N–H and O–H groups in total. The first kappa shape index (κ1) is 31.9. The van der Waals surface area contributed by atoms with Crippen molar-refractivity contribution in [2.75, 3.05) is 50.9 Å². The van der Waals surface area contributed by atoms with Crippen LogP contribution in [0.15, 0.2) is 58.1 Å². The van der Waals surface area contributed by atoms with E-state index in [0.717, 1.165) is 0 Å². The molecule has 0 unspecified atom stereocenters. The number of thiophene rings is 1. The van der Waals surface area contributed by atoms with E-state index >= 15 is 0 Å². The van der Waals surface area contributed by atoms with Crippen molar-refractivity contribution < 1.29 is 46.4 Å². The van der Waals surface area contributed by atoms with E-state index in [1.807, 2.05) is 5.38 Å². The van der Waals surface area contributed by atoms with Crippen LogP contribution in [-0.4, -0.2) is 65.3 Å². The van der Waals surface area contributed by atoms with Gasteiger partial charge in [-0.25, -0.2) is 18.2 Å². The lowest BCUT2D eigenvalue weighted by molar-refractivity contribution is 0.135. The van der Waals surface area contributed by atoms with Crippen LogP contribution in [-0.2, 0) is 25.9 Å². The van der Waals surface area contributed by atoms with Crippen LogP contribution in [0.5, 0.6) is 34.6 Å². The first-order chi connectivity index (χ1) is 21.8. The van der Waals surface area contributed by atoms with E-state index in [9.17, 15) is 13.2 Å². The fourth-order valence-electron chi connectivity index (χ4n) is 3.83. The van der Waals surface area contributed by atoms with Gasteiger partial charge in [0.25, 0.3) is 15.9 Å². The number of aromatic nitrogens is 2. The predicted octanol–water partition coefficient (Wildman–Crippen LogP) is 5.34. The number of nitrogens with one attached hydrogen (secondary N) is 2. The summed E-state index contributed by atoms with van der Waals surface area (Å²) < 4.78 is 67.9. The summed E-state index contributed by atoms with van der Waals surface area (Å²) in [6.45, 7) is -0.152.